The van der Waals surface area contributed by atoms with E-state index in [4.69, 9.17) is 9.47 Å². The number of aryl methyl sites for hydroxylation is 1. The number of thiazole rings is 1. The Bertz CT molecular complexity index is 968. The van der Waals surface area contributed by atoms with Gasteiger partial charge in [0.05, 0.1) is 12.1 Å². The number of fused-ring (bicyclic) bond motifs is 1. The van der Waals surface area contributed by atoms with Crippen molar-refractivity contribution in [3.8, 4) is 22.1 Å². The third-order valence-electron chi connectivity index (χ3n) is 4.33. The second-order valence-corrected chi connectivity index (χ2v) is 7.34. The molecule has 0 spiro atoms. The predicted octanol–water partition coefficient (Wildman–Crippen LogP) is 3.75. The lowest BCUT2D eigenvalue weighted by atomic mass is 10.1. The molecule has 3 aromatic rings. The van der Waals surface area contributed by atoms with Crippen LogP contribution in [-0.4, -0.2) is 24.2 Å². The van der Waals surface area contributed by atoms with E-state index in [-0.39, 0.29) is 12.7 Å². The largest absolute Gasteiger partial charge is 0.454 e. The van der Waals surface area contributed by atoms with Crippen LogP contribution in [0.25, 0.3) is 10.6 Å². The third-order valence-corrected chi connectivity index (χ3v) is 5.27. The molecule has 4 rings (SSSR count). The molecule has 2 heterocycles. The van der Waals surface area contributed by atoms with Gasteiger partial charge in [0.25, 0.3) is 0 Å². The number of nitrogens with one attached hydrogen (secondary N) is 1. The molecule has 27 heavy (non-hydrogen) atoms. The van der Waals surface area contributed by atoms with Gasteiger partial charge in [0.2, 0.25) is 12.7 Å². The first-order valence-electron chi connectivity index (χ1n) is 8.84. The van der Waals surface area contributed by atoms with Crippen LogP contribution in [0.5, 0.6) is 11.5 Å². The maximum absolute atomic E-state index is 12.2. The van der Waals surface area contributed by atoms with Gasteiger partial charge in [-0.1, -0.05) is 29.8 Å². The topological polar surface area (TPSA) is 60.5 Å². The summed E-state index contributed by atoms with van der Waals surface area (Å²) >= 11 is 1.57. The normalized spacial score (nSPS) is 12.2. The Morgan fingerprint density at radius 3 is 2.96 bits per heavy atom. The highest BCUT2D eigenvalue weighted by molar-refractivity contribution is 7.13. The van der Waals surface area contributed by atoms with Crippen LogP contribution in [0.3, 0.4) is 0 Å². The summed E-state index contributed by atoms with van der Waals surface area (Å²) in [5, 5.41) is 5.86. The van der Waals surface area contributed by atoms with Crippen LogP contribution >= 0.6 is 11.3 Å². The van der Waals surface area contributed by atoms with Crippen molar-refractivity contribution in [2.24, 2.45) is 0 Å². The van der Waals surface area contributed by atoms with Crippen molar-refractivity contribution >= 4 is 17.2 Å². The summed E-state index contributed by atoms with van der Waals surface area (Å²) < 4.78 is 10.7. The highest BCUT2D eigenvalue weighted by atomic mass is 32.1. The Morgan fingerprint density at radius 1 is 1.19 bits per heavy atom. The Balaban J connectivity index is 1.28. The van der Waals surface area contributed by atoms with Crippen LogP contribution in [0.1, 0.15) is 16.8 Å². The van der Waals surface area contributed by atoms with E-state index in [9.17, 15) is 4.79 Å². The summed E-state index contributed by atoms with van der Waals surface area (Å²) in [6.07, 6.45) is 1.04. The molecule has 0 atom stereocenters. The molecule has 1 amide bonds. The number of amides is 1. The van der Waals surface area contributed by atoms with E-state index in [0.29, 0.717) is 13.0 Å². The minimum Gasteiger partial charge on any atom is -0.454 e. The van der Waals surface area contributed by atoms with Crippen molar-refractivity contribution in [2.75, 3.05) is 13.3 Å². The summed E-state index contributed by atoms with van der Waals surface area (Å²) in [6, 6.07) is 14.1. The average molecular weight is 380 g/mol. The number of hydrogen-bond donors (Lipinski definition) is 1. The van der Waals surface area contributed by atoms with Gasteiger partial charge in [-0.05, 0) is 37.1 Å². The lowest BCUT2D eigenvalue weighted by Crippen LogP contribution is -2.27. The van der Waals surface area contributed by atoms with Gasteiger partial charge in [-0.3, -0.25) is 4.79 Å². The lowest BCUT2D eigenvalue weighted by Gasteiger charge is -2.05. The van der Waals surface area contributed by atoms with Crippen molar-refractivity contribution in [1.29, 1.82) is 0 Å². The number of carbonyl (C=O) groups excluding carboxylic acids is 1. The summed E-state index contributed by atoms with van der Waals surface area (Å²) in [4.78, 5) is 16.8. The molecule has 0 unspecified atom stereocenters. The Kier molecular flexibility index (Phi) is 5.07. The second-order valence-electron chi connectivity index (χ2n) is 6.48. The minimum atomic E-state index is -0.0168. The monoisotopic (exact) mass is 380 g/mol. The molecule has 1 N–H and O–H groups in total. The Hall–Kier alpha value is -2.86. The van der Waals surface area contributed by atoms with Gasteiger partial charge >= 0.3 is 0 Å². The smallest absolute Gasteiger partial charge is 0.231 e. The molecule has 2 aromatic carbocycles. The molecule has 6 heteroatoms. The Labute approximate surface area is 162 Å². The average Bonchev–Trinajstić information content (AvgIpc) is 3.30. The molecule has 1 aliphatic rings. The van der Waals surface area contributed by atoms with Crippen LogP contribution in [0, 0.1) is 6.92 Å². The number of benzene rings is 2. The zero-order valence-electron chi connectivity index (χ0n) is 15.0. The van der Waals surface area contributed by atoms with E-state index in [1.807, 2.05) is 35.7 Å². The van der Waals surface area contributed by atoms with Crippen LogP contribution in [-0.2, 0) is 17.6 Å². The van der Waals surface area contributed by atoms with Crippen LogP contribution in [0.2, 0.25) is 0 Å². The van der Waals surface area contributed by atoms with Crippen molar-refractivity contribution < 1.29 is 14.3 Å². The molecule has 0 aliphatic carbocycles. The lowest BCUT2D eigenvalue weighted by molar-refractivity contribution is -0.120. The molecule has 138 valence electrons. The third kappa shape index (κ3) is 4.28. The number of aromatic nitrogens is 1. The molecular formula is C21H20N2O3S. The summed E-state index contributed by atoms with van der Waals surface area (Å²) in [7, 11) is 0. The molecule has 1 aliphatic heterocycles. The first-order valence-corrected chi connectivity index (χ1v) is 9.72. The van der Waals surface area contributed by atoms with E-state index >= 15 is 0 Å². The second kappa shape index (κ2) is 7.80. The molecule has 0 radical (unpaired) electrons. The molecular weight excluding hydrogens is 360 g/mol. The number of rotatable bonds is 6. The van der Waals surface area contributed by atoms with E-state index < -0.39 is 0 Å². The van der Waals surface area contributed by atoms with Crippen molar-refractivity contribution in [3.05, 3.63) is 64.7 Å². The first-order chi connectivity index (χ1) is 13.2. The number of hydrogen-bond acceptors (Lipinski definition) is 5. The van der Waals surface area contributed by atoms with Crippen LogP contribution in [0.15, 0.2) is 47.8 Å². The SMILES string of the molecule is Cc1cccc(-c2nc(CC(=O)NCCc3ccc4c(c3)OCO4)cs2)c1. The highest BCUT2D eigenvalue weighted by Crippen LogP contribution is 2.32. The highest BCUT2D eigenvalue weighted by Gasteiger charge is 2.13. The van der Waals surface area contributed by atoms with Gasteiger partial charge in [-0.2, -0.15) is 0 Å². The van der Waals surface area contributed by atoms with E-state index in [2.05, 4.69) is 29.4 Å². The molecule has 0 saturated carbocycles. The summed E-state index contributed by atoms with van der Waals surface area (Å²) in [5.74, 6) is 1.53. The summed E-state index contributed by atoms with van der Waals surface area (Å²) in [6.45, 7) is 2.91. The van der Waals surface area contributed by atoms with E-state index in [1.54, 1.807) is 11.3 Å². The Morgan fingerprint density at radius 2 is 2.07 bits per heavy atom. The standard InChI is InChI=1S/C21H20N2O3S/c1-14-3-2-4-16(9-14)21-23-17(12-27-21)11-20(24)22-8-7-15-5-6-18-19(10-15)26-13-25-18/h2-6,9-10,12H,7-8,11,13H2,1H3,(H,22,24). The van der Waals surface area contributed by atoms with Gasteiger partial charge in [0.15, 0.2) is 11.5 Å². The van der Waals surface area contributed by atoms with Crippen molar-refractivity contribution in [2.45, 2.75) is 19.8 Å². The fraction of sp³-hybridized carbons (Fsp3) is 0.238. The van der Waals surface area contributed by atoms with Crippen molar-refractivity contribution in [3.63, 3.8) is 0 Å². The minimum absolute atomic E-state index is 0.0168. The number of nitrogens with zero attached hydrogens (tertiary/aromatic N) is 1. The van der Waals surface area contributed by atoms with Gasteiger partial charge in [0, 0.05) is 17.5 Å². The number of ether oxygens (including phenoxy) is 2. The maximum atomic E-state index is 12.2. The molecule has 0 saturated heterocycles. The fourth-order valence-electron chi connectivity index (χ4n) is 2.97. The van der Waals surface area contributed by atoms with Gasteiger partial charge in [-0.25, -0.2) is 4.98 Å². The fourth-order valence-corrected chi connectivity index (χ4v) is 3.79. The van der Waals surface area contributed by atoms with Crippen LogP contribution < -0.4 is 14.8 Å². The molecule has 0 fully saturated rings. The van der Waals surface area contributed by atoms with Crippen LogP contribution in [0.4, 0.5) is 0 Å². The molecule has 0 bridgehead atoms. The predicted molar refractivity (Wildman–Crippen MR) is 105 cm³/mol. The van der Waals surface area contributed by atoms with E-state index in [0.717, 1.165) is 39.7 Å². The first kappa shape index (κ1) is 17.5. The quantitative estimate of drug-likeness (QED) is 0.708. The maximum Gasteiger partial charge on any atom is 0.231 e. The van der Waals surface area contributed by atoms with Crippen molar-refractivity contribution in [1.82, 2.24) is 10.3 Å². The van der Waals surface area contributed by atoms with Gasteiger partial charge in [0.1, 0.15) is 5.01 Å². The number of carbonyl (C=O) groups is 1. The van der Waals surface area contributed by atoms with Gasteiger partial charge < -0.3 is 14.8 Å². The van der Waals surface area contributed by atoms with E-state index in [1.165, 1.54) is 5.56 Å². The molecule has 1 aromatic heterocycles. The van der Waals surface area contributed by atoms with Gasteiger partial charge in [-0.15, -0.1) is 11.3 Å². The zero-order chi connectivity index (χ0) is 18.6. The summed E-state index contributed by atoms with van der Waals surface area (Å²) in [5.41, 5.74) is 4.20. The molecule has 5 nitrogen and oxygen atoms in total. The zero-order valence-corrected chi connectivity index (χ0v) is 15.8.